The van der Waals surface area contributed by atoms with Crippen LogP contribution in [0, 0.1) is 5.92 Å². The lowest BCUT2D eigenvalue weighted by Crippen LogP contribution is -2.34. The molecule has 1 aromatic rings. The number of nitrogens with zero attached hydrogens (tertiary/aromatic N) is 2. The van der Waals surface area contributed by atoms with Crippen LogP contribution in [0.2, 0.25) is 0 Å². The first-order valence-electron chi connectivity index (χ1n) is 7.59. The summed E-state index contributed by atoms with van der Waals surface area (Å²) < 4.78 is 1.76. The monoisotopic (exact) mass is 314 g/mol. The summed E-state index contributed by atoms with van der Waals surface area (Å²) in [6, 6.07) is 1.86. The van der Waals surface area contributed by atoms with Gasteiger partial charge in [-0.1, -0.05) is 26.2 Å². The zero-order valence-electron chi connectivity index (χ0n) is 13.1. The van der Waals surface area contributed by atoms with Crippen LogP contribution in [0.25, 0.3) is 0 Å². The predicted octanol–water partition coefficient (Wildman–Crippen LogP) is 2.81. The summed E-state index contributed by atoms with van der Waals surface area (Å²) in [6.07, 6.45) is 6.31. The van der Waals surface area contributed by atoms with Gasteiger partial charge < -0.3 is 11.1 Å². The fraction of sp³-hybridized carbons (Fsp3) is 0.733. The van der Waals surface area contributed by atoms with Crippen molar-refractivity contribution in [1.29, 1.82) is 0 Å². The summed E-state index contributed by atoms with van der Waals surface area (Å²) in [4.78, 5) is 12.1. The third-order valence-electron chi connectivity index (χ3n) is 4.38. The van der Waals surface area contributed by atoms with Crippen molar-refractivity contribution >= 4 is 24.1 Å². The third kappa shape index (κ3) is 4.45. The summed E-state index contributed by atoms with van der Waals surface area (Å²) >= 11 is 0. The van der Waals surface area contributed by atoms with Crippen molar-refractivity contribution in [3.8, 4) is 0 Å². The summed E-state index contributed by atoms with van der Waals surface area (Å²) in [5.41, 5.74) is 6.87. The van der Waals surface area contributed by atoms with Crippen molar-refractivity contribution in [3.05, 3.63) is 11.8 Å². The van der Waals surface area contributed by atoms with Gasteiger partial charge >= 0.3 is 0 Å². The van der Waals surface area contributed by atoms with E-state index in [1.807, 2.05) is 27.0 Å². The van der Waals surface area contributed by atoms with E-state index in [0.717, 1.165) is 11.5 Å². The molecule has 120 valence electrons. The molecule has 6 heteroatoms. The number of halogens is 1. The van der Waals surface area contributed by atoms with Crippen molar-refractivity contribution in [3.63, 3.8) is 0 Å². The van der Waals surface area contributed by atoms with Crippen LogP contribution in [0.4, 0.5) is 5.82 Å². The van der Waals surface area contributed by atoms with E-state index in [2.05, 4.69) is 10.4 Å². The van der Waals surface area contributed by atoms with Crippen molar-refractivity contribution in [2.45, 2.75) is 57.9 Å². The Bertz CT molecular complexity index is 466. The zero-order chi connectivity index (χ0) is 14.7. The smallest absolute Gasteiger partial charge is 0.229 e. The van der Waals surface area contributed by atoms with Gasteiger partial charge in [0, 0.05) is 25.1 Å². The van der Waals surface area contributed by atoms with Gasteiger partial charge in [-0.3, -0.25) is 9.48 Å². The maximum Gasteiger partial charge on any atom is 0.229 e. The standard InChI is InChI=1S/C15H26N4O.ClH/c1-10(11(2)16)15(20)17-14-9-13(18-19(14)3)12-7-5-4-6-8-12;/h9-12H,4-8,16H2,1-3H3,(H,17,20);1H. The van der Waals surface area contributed by atoms with Crippen LogP contribution >= 0.6 is 12.4 Å². The fourth-order valence-electron chi connectivity index (χ4n) is 2.68. The van der Waals surface area contributed by atoms with E-state index in [1.54, 1.807) is 4.68 Å². The topological polar surface area (TPSA) is 72.9 Å². The van der Waals surface area contributed by atoms with E-state index >= 15 is 0 Å². The maximum absolute atomic E-state index is 12.1. The molecule has 21 heavy (non-hydrogen) atoms. The second-order valence-electron chi connectivity index (χ2n) is 6.05. The normalized spacial score (nSPS) is 18.7. The average Bonchev–Trinajstić information content (AvgIpc) is 2.80. The van der Waals surface area contributed by atoms with E-state index in [0.29, 0.717) is 5.92 Å². The Labute approximate surface area is 133 Å². The molecule has 2 unspecified atom stereocenters. The van der Waals surface area contributed by atoms with Crippen LogP contribution in [0.3, 0.4) is 0 Å². The molecule has 1 aromatic heterocycles. The van der Waals surface area contributed by atoms with Gasteiger partial charge in [0.2, 0.25) is 5.91 Å². The van der Waals surface area contributed by atoms with Gasteiger partial charge in [0.05, 0.1) is 11.6 Å². The molecule has 3 N–H and O–H groups in total. The number of hydrogen-bond donors (Lipinski definition) is 2. The number of nitrogens with two attached hydrogens (primary N) is 1. The van der Waals surface area contributed by atoms with Gasteiger partial charge in [-0.25, -0.2) is 0 Å². The minimum absolute atomic E-state index is 0. The molecule has 0 radical (unpaired) electrons. The molecule has 1 fully saturated rings. The van der Waals surface area contributed by atoms with Gasteiger partial charge in [0.25, 0.3) is 0 Å². The SMILES string of the molecule is CC(N)C(C)C(=O)Nc1cc(C2CCCCC2)nn1C.Cl. The number of amides is 1. The number of anilines is 1. The van der Waals surface area contributed by atoms with Gasteiger partial charge in [-0.2, -0.15) is 5.10 Å². The first-order valence-corrected chi connectivity index (χ1v) is 7.59. The molecule has 5 nitrogen and oxygen atoms in total. The summed E-state index contributed by atoms with van der Waals surface area (Å²) in [5.74, 6) is 1.07. The highest BCUT2D eigenvalue weighted by molar-refractivity contribution is 5.92. The Balaban J connectivity index is 0.00000220. The number of carbonyl (C=O) groups is 1. The number of aromatic nitrogens is 2. The number of carbonyl (C=O) groups excluding carboxylic acids is 1. The lowest BCUT2D eigenvalue weighted by atomic mass is 9.87. The van der Waals surface area contributed by atoms with E-state index in [-0.39, 0.29) is 30.3 Å². The van der Waals surface area contributed by atoms with Crippen molar-refractivity contribution in [2.24, 2.45) is 18.7 Å². The van der Waals surface area contributed by atoms with Gasteiger partial charge in [-0.05, 0) is 19.8 Å². The van der Waals surface area contributed by atoms with Crippen LogP contribution in [-0.2, 0) is 11.8 Å². The van der Waals surface area contributed by atoms with Gasteiger partial charge in [0.15, 0.2) is 0 Å². The van der Waals surface area contributed by atoms with E-state index < -0.39 is 0 Å². The minimum atomic E-state index is -0.206. The highest BCUT2D eigenvalue weighted by Crippen LogP contribution is 2.32. The minimum Gasteiger partial charge on any atom is -0.327 e. The van der Waals surface area contributed by atoms with Crippen molar-refractivity contribution in [2.75, 3.05) is 5.32 Å². The van der Waals surface area contributed by atoms with Crippen LogP contribution in [0.15, 0.2) is 6.07 Å². The zero-order valence-corrected chi connectivity index (χ0v) is 13.9. The van der Waals surface area contributed by atoms with Crippen LogP contribution < -0.4 is 11.1 Å². The van der Waals surface area contributed by atoms with Gasteiger partial charge in [-0.15, -0.1) is 12.4 Å². The highest BCUT2D eigenvalue weighted by atomic mass is 35.5. The molecule has 0 spiro atoms. The van der Waals surface area contributed by atoms with Crippen LogP contribution in [-0.4, -0.2) is 21.7 Å². The summed E-state index contributed by atoms with van der Waals surface area (Å²) in [6.45, 7) is 3.69. The average molecular weight is 315 g/mol. The summed E-state index contributed by atoms with van der Waals surface area (Å²) in [7, 11) is 1.87. The quantitative estimate of drug-likeness (QED) is 0.897. The van der Waals surface area contributed by atoms with Crippen LogP contribution in [0.5, 0.6) is 0 Å². The van der Waals surface area contributed by atoms with Gasteiger partial charge in [0.1, 0.15) is 5.82 Å². The molecule has 2 atom stereocenters. The lowest BCUT2D eigenvalue weighted by Gasteiger charge is -2.19. The lowest BCUT2D eigenvalue weighted by molar-refractivity contribution is -0.119. The fourth-order valence-corrected chi connectivity index (χ4v) is 2.68. The number of rotatable bonds is 4. The Hall–Kier alpha value is -1.07. The molecule has 1 amide bonds. The Kier molecular flexibility index (Phi) is 6.68. The first-order chi connectivity index (χ1) is 9.49. The molecule has 1 saturated carbocycles. The molecule has 1 heterocycles. The molecule has 2 rings (SSSR count). The van der Waals surface area contributed by atoms with E-state index in [4.69, 9.17) is 5.73 Å². The Morgan fingerprint density at radius 3 is 2.57 bits per heavy atom. The van der Waals surface area contributed by atoms with Crippen molar-refractivity contribution < 1.29 is 4.79 Å². The maximum atomic E-state index is 12.1. The molecule has 0 aromatic carbocycles. The highest BCUT2D eigenvalue weighted by Gasteiger charge is 2.22. The predicted molar refractivity (Wildman–Crippen MR) is 87.7 cm³/mol. The molecule has 1 aliphatic carbocycles. The molecule has 0 aliphatic heterocycles. The molecule has 1 aliphatic rings. The third-order valence-corrected chi connectivity index (χ3v) is 4.38. The van der Waals surface area contributed by atoms with Crippen LogP contribution in [0.1, 0.15) is 57.6 Å². The second kappa shape index (κ2) is 7.80. The number of hydrogen-bond acceptors (Lipinski definition) is 3. The first kappa shape index (κ1) is 18.0. The largest absolute Gasteiger partial charge is 0.327 e. The van der Waals surface area contributed by atoms with Crippen molar-refractivity contribution in [1.82, 2.24) is 9.78 Å². The number of aryl methyl sites for hydroxylation is 1. The Morgan fingerprint density at radius 2 is 2.00 bits per heavy atom. The Morgan fingerprint density at radius 1 is 1.38 bits per heavy atom. The molecule has 0 bridgehead atoms. The molecular formula is C15H27ClN4O. The number of nitrogens with one attached hydrogen (secondary N) is 1. The van der Waals surface area contributed by atoms with E-state index in [1.165, 1.54) is 32.1 Å². The molecular weight excluding hydrogens is 288 g/mol. The van der Waals surface area contributed by atoms with E-state index in [9.17, 15) is 4.79 Å². The second-order valence-corrected chi connectivity index (χ2v) is 6.05. The molecule has 0 saturated heterocycles. The summed E-state index contributed by atoms with van der Waals surface area (Å²) in [5, 5.41) is 7.49.